The Hall–Kier alpha value is -2.15. The minimum absolute atomic E-state index is 0.00498. The van der Waals surface area contributed by atoms with Gasteiger partial charge in [0, 0.05) is 26.4 Å². The van der Waals surface area contributed by atoms with Crippen LogP contribution in [0, 0.1) is 11.7 Å². The summed E-state index contributed by atoms with van der Waals surface area (Å²) in [7, 11) is 1.61. The number of aliphatic carboxylic acids is 1. The third-order valence-corrected chi connectivity index (χ3v) is 5.13. The molecule has 1 aliphatic heterocycles. The summed E-state index contributed by atoms with van der Waals surface area (Å²) in [6.45, 7) is 0.460. The lowest BCUT2D eigenvalue weighted by molar-refractivity contribution is -0.137. The van der Waals surface area contributed by atoms with Gasteiger partial charge in [0.25, 0.3) is 0 Å². The predicted molar refractivity (Wildman–Crippen MR) is 98.8 cm³/mol. The van der Waals surface area contributed by atoms with Gasteiger partial charge >= 0.3 is 5.97 Å². The first kappa shape index (κ1) is 21.2. The first-order valence-corrected chi connectivity index (χ1v) is 9.39. The normalized spacial score (nSPS) is 19.4. The summed E-state index contributed by atoms with van der Waals surface area (Å²) in [5, 5.41) is 11.4. The molecule has 0 aromatic heterocycles. The maximum absolute atomic E-state index is 13.8. The molecule has 1 heterocycles. The van der Waals surface area contributed by atoms with Crippen LogP contribution in [-0.2, 0) is 14.4 Å². The Kier molecular flexibility index (Phi) is 7.59. The Morgan fingerprint density at radius 1 is 1.30 bits per heavy atom. The highest BCUT2D eigenvalue weighted by atomic mass is 35.5. The highest BCUT2D eigenvalue weighted by Gasteiger charge is 2.42. The second-order valence-corrected chi connectivity index (χ2v) is 7.19. The highest BCUT2D eigenvalue weighted by Crippen LogP contribution is 2.38. The molecule has 1 aromatic carbocycles. The smallest absolute Gasteiger partial charge is 0.303 e. The van der Waals surface area contributed by atoms with E-state index in [0.29, 0.717) is 18.5 Å². The van der Waals surface area contributed by atoms with Crippen molar-refractivity contribution in [2.75, 3.05) is 13.6 Å². The van der Waals surface area contributed by atoms with E-state index in [-0.39, 0.29) is 29.7 Å². The van der Waals surface area contributed by atoms with Crippen LogP contribution in [0.2, 0.25) is 5.02 Å². The standard InChI is InChI=1S/C19H24ClFN2O4/c1-23-16(24)11-13(18(23)12-7-8-14(20)15(21)10-12)19(27)22-9-5-3-2-4-6-17(25)26/h7-8,10,13,18H,2-6,9,11H2,1H3,(H,22,27)(H,25,26). The van der Waals surface area contributed by atoms with E-state index in [9.17, 15) is 18.8 Å². The fourth-order valence-corrected chi connectivity index (χ4v) is 3.47. The zero-order chi connectivity index (χ0) is 20.0. The summed E-state index contributed by atoms with van der Waals surface area (Å²) in [5.41, 5.74) is 0.541. The SMILES string of the molecule is CN1C(=O)CC(C(=O)NCCCCCCC(=O)O)C1c1ccc(Cl)c(F)c1. The van der Waals surface area contributed by atoms with E-state index < -0.39 is 23.7 Å². The van der Waals surface area contributed by atoms with Crippen molar-refractivity contribution >= 4 is 29.4 Å². The number of rotatable bonds is 9. The van der Waals surface area contributed by atoms with E-state index in [1.165, 1.54) is 17.0 Å². The molecule has 1 aromatic rings. The average Bonchev–Trinajstić information content (AvgIpc) is 2.91. The van der Waals surface area contributed by atoms with Crippen molar-refractivity contribution in [1.82, 2.24) is 10.2 Å². The van der Waals surface area contributed by atoms with Crippen LogP contribution in [0.15, 0.2) is 18.2 Å². The molecule has 1 aliphatic rings. The molecule has 1 fully saturated rings. The van der Waals surface area contributed by atoms with Crippen molar-refractivity contribution in [1.29, 1.82) is 0 Å². The van der Waals surface area contributed by atoms with Gasteiger partial charge in [-0.1, -0.05) is 30.5 Å². The van der Waals surface area contributed by atoms with Crippen molar-refractivity contribution < 1.29 is 23.9 Å². The van der Waals surface area contributed by atoms with Crippen LogP contribution in [0.3, 0.4) is 0 Å². The molecule has 2 atom stereocenters. The predicted octanol–water partition coefficient (Wildman–Crippen LogP) is 3.15. The molecule has 1 saturated heterocycles. The Morgan fingerprint density at radius 3 is 2.67 bits per heavy atom. The van der Waals surface area contributed by atoms with E-state index in [2.05, 4.69) is 5.32 Å². The fraction of sp³-hybridized carbons (Fsp3) is 0.526. The van der Waals surface area contributed by atoms with Crippen molar-refractivity contribution in [3.63, 3.8) is 0 Å². The lowest BCUT2D eigenvalue weighted by Crippen LogP contribution is -2.35. The first-order chi connectivity index (χ1) is 12.8. The maximum Gasteiger partial charge on any atom is 0.303 e. The van der Waals surface area contributed by atoms with Crippen LogP contribution in [0.25, 0.3) is 0 Å². The van der Waals surface area contributed by atoms with Gasteiger partial charge in [0.2, 0.25) is 11.8 Å². The summed E-state index contributed by atoms with van der Waals surface area (Å²) in [5.74, 6) is -2.37. The maximum atomic E-state index is 13.8. The van der Waals surface area contributed by atoms with Crippen LogP contribution in [0.4, 0.5) is 4.39 Å². The minimum Gasteiger partial charge on any atom is -0.481 e. The van der Waals surface area contributed by atoms with Gasteiger partial charge in [-0.3, -0.25) is 14.4 Å². The number of carbonyl (C=O) groups is 3. The van der Waals surface area contributed by atoms with Crippen molar-refractivity contribution in [3.8, 4) is 0 Å². The second-order valence-electron chi connectivity index (χ2n) is 6.78. The molecule has 27 heavy (non-hydrogen) atoms. The summed E-state index contributed by atoms with van der Waals surface area (Å²) in [6, 6.07) is 3.80. The highest BCUT2D eigenvalue weighted by molar-refractivity contribution is 6.30. The molecule has 0 saturated carbocycles. The zero-order valence-corrected chi connectivity index (χ0v) is 16.0. The van der Waals surface area contributed by atoms with Gasteiger partial charge in [0.1, 0.15) is 5.82 Å². The third-order valence-electron chi connectivity index (χ3n) is 4.82. The molecule has 6 nitrogen and oxygen atoms in total. The topological polar surface area (TPSA) is 86.7 Å². The summed E-state index contributed by atoms with van der Waals surface area (Å²) in [4.78, 5) is 36.6. The molecule has 2 unspecified atom stereocenters. The van der Waals surface area contributed by atoms with E-state index in [1.807, 2.05) is 0 Å². The zero-order valence-electron chi connectivity index (χ0n) is 15.2. The van der Waals surface area contributed by atoms with Gasteiger partial charge in [-0.2, -0.15) is 0 Å². The van der Waals surface area contributed by atoms with Gasteiger partial charge in [0.05, 0.1) is 17.0 Å². The molecule has 2 N–H and O–H groups in total. The van der Waals surface area contributed by atoms with E-state index >= 15 is 0 Å². The summed E-state index contributed by atoms with van der Waals surface area (Å²) in [6.07, 6.45) is 3.21. The Morgan fingerprint density at radius 2 is 2.00 bits per heavy atom. The molecule has 0 radical (unpaired) electrons. The molecule has 2 amide bonds. The second kappa shape index (κ2) is 9.69. The Labute approximate surface area is 162 Å². The third kappa shape index (κ3) is 5.66. The number of benzene rings is 1. The summed E-state index contributed by atoms with van der Waals surface area (Å²) >= 11 is 5.72. The number of carboxylic acid groups (broad SMARTS) is 1. The van der Waals surface area contributed by atoms with Crippen LogP contribution in [0.1, 0.15) is 50.1 Å². The lowest BCUT2D eigenvalue weighted by Gasteiger charge is -2.25. The number of nitrogens with zero attached hydrogens (tertiary/aromatic N) is 1. The van der Waals surface area contributed by atoms with E-state index in [4.69, 9.17) is 16.7 Å². The first-order valence-electron chi connectivity index (χ1n) is 9.01. The fourth-order valence-electron chi connectivity index (χ4n) is 3.35. The van der Waals surface area contributed by atoms with Crippen molar-refractivity contribution in [2.45, 2.75) is 44.6 Å². The van der Waals surface area contributed by atoms with E-state index in [0.717, 1.165) is 19.3 Å². The average molecular weight is 399 g/mol. The quantitative estimate of drug-likeness (QED) is 0.625. The number of carboxylic acids is 1. The van der Waals surface area contributed by atoms with Crippen LogP contribution in [0.5, 0.6) is 0 Å². The number of hydrogen-bond donors (Lipinski definition) is 2. The summed E-state index contributed by atoms with van der Waals surface area (Å²) < 4.78 is 13.8. The van der Waals surface area contributed by atoms with Crippen LogP contribution in [-0.4, -0.2) is 41.4 Å². The van der Waals surface area contributed by atoms with Crippen LogP contribution >= 0.6 is 11.6 Å². The number of hydrogen-bond acceptors (Lipinski definition) is 3. The van der Waals surface area contributed by atoms with Crippen LogP contribution < -0.4 is 5.32 Å². The van der Waals surface area contributed by atoms with Crippen molar-refractivity contribution in [2.24, 2.45) is 5.92 Å². The molecule has 0 spiro atoms. The minimum atomic E-state index is -0.803. The number of carbonyl (C=O) groups excluding carboxylic acids is 2. The number of nitrogens with one attached hydrogen (secondary N) is 1. The van der Waals surface area contributed by atoms with E-state index in [1.54, 1.807) is 13.1 Å². The molecule has 0 aliphatic carbocycles. The van der Waals surface area contributed by atoms with Gasteiger partial charge in [-0.05, 0) is 30.5 Å². The largest absolute Gasteiger partial charge is 0.481 e. The number of amides is 2. The number of likely N-dealkylation sites (tertiary alicyclic amines) is 1. The molecule has 2 rings (SSSR count). The van der Waals surface area contributed by atoms with Gasteiger partial charge in [-0.15, -0.1) is 0 Å². The van der Waals surface area contributed by atoms with Gasteiger partial charge in [-0.25, -0.2) is 4.39 Å². The monoisotopic (exact) mass is 398 g/mol. The molecular formula is C19H24ClFN2O4. The Bertz CT molecular complexity index is 713. The lowest BCUT2D eigenvalue weighted by atomic mass is 9.92. The molecule has 148 valence electrons. The molecule has 8 heteroatoms. The molecular weight excluding hydrogens is 375 g/mol. The number of unbranched alkanes of at least 4 members (excludes halogenated alkanes) is 3. The molecule has 0 bridgehead atoms. The van der Waals surface area contributed by atoms with Gasteiger partial charge in [0.15, 0.2) is 0 Å². The van der Waals surface area contributed by atoms with Gasteiger partial charge < -0.3 is 15.3 Å². The van der Waals surface area contributed by atoms with Crippen molar-refractivity contribution in [3.05, 3.63) is 34.6 Å². The Balaban J connectivity index is 1.90. The number of halogens is 2.